The fraction of sp³-hybridized carbons (Fsp3) is 0.429. The SMILES string of the molecule is CC(C)N(C)S(=O)(=O)Nc1ccc(C#CCCO)cc1. The van der Waals surface area contributed by atoms with Crippen molar-refractivity contribution in [1.82, 2.24) is 4.31 Å². The van der Waals surface area contributed by atoms with Crippen molar-refractivity contribution in [3.8, 4) is 11.8 Å². The van der Waals surface area contributed by atoms with Gasteiger partial charge in [0.05, 0.1) is 6.61 Å². The van der Waals surface area contributed by atoms with Gasteiger partial charge in [-0.15, -0.1) is 0 Å². The maximum atomic E-state index is 12.0. The topological polar surface area (TPSA) is 69.6 Å². The minimum Gasteiger partial charge on any atom is -0.395 e. The summed E-state index contributed by atoms with van der Waals surface area (Å²) in [7, 11) is -2.00. The van der Waals surface area contributed by atoms with Crippen molar-refractivity contribution in [1.29, 1.82) is 0 Å². The molecule has 5 nitrogen and oxygen atoms in total. The lowest BCUT2D eigenvalue weighted by atomic mass is 10.2. The molecule has 0 saturated heterocycles. The summed E-state index contributed by atoms with van der Waals surface area (Å²) in [5, 5.41) is 8.63. The van der Waals surface area contributed by atoms with Crippen LogP contribution in [-0.2, 0) is 10.2 Å². The standard InChI is InChI=1S/C14H20N2O3S/c1-12(2)16(3)20(18,19)15-14-9-7-13(8-10-14)6-4-5-11-17/h7-10,12,15,17H,5,11H2,1-3H3. The Labute approximate surface area is 120 Å². The molecule has 0 aliphatic heterocycles. The Morgan fingerprint density at radius 3 is 2.40 bits per heavy atom. The second kappa shape index (κ2) is 7.29. The quantitative estimate of drug-likeness (QED) is 0.807. The van der Waals surface area contributed by atoms with Crippen LogP contribution in [0.3, 0.4) is 0 Å². The van der Waals surface area contributed by atoms with Crippen LogP contribution in [0.15, 0.2) is 24.3 Å². The van der Waals surface area contributed by atoms with Crippen LogP contribution in [0.2, 0.25) is 0 Å². The van der Waals surface area contributed by atoms with Crippen LogP contribution >= 0.6 is 0 Å². The molecule has 1 aromatic carbocycles. The van der Waals surface area contributed by atoms with Gasteiger partial charge in [0.1, 0.15) is 0 Å². The molecule has 20 heavy (non-hydrogen) atoms. The second-order valence-electron chi connectivity index (χ2n) is 4.57. The molecular weight excluding hydrogens is 276 g/mol. The molecule has 0 aliphatic rings. The van der Waals surface area contributed by atoms with Crippen molar-refractivity contribution in [2.75, 3.05) is 18.4 Å². The maximum absolute atomic E-state index is 12.0. The van der Waals surface area contributed by atoms with Crippen LogP contribution in [0.25, 0.3) is 0 Å². The van der Waals surface area contributed by atoms with E-state index in [2.05, 4.69) is 16.6 Å². The lowest BCUT2D eigenvalue weighted by Crippen LogP contribution is -2.37. The molecule has 0 radical (unpaired) electrons. The third-order valence-electron chi connectivity index (χ3n) is 2.71. The van der Waals surface area contributed by atoms with Gasteiger partial charge in [0.2, 0.25) is 0 Å². The van der Waals surface area contributed by atoms with E-state index in [0.717, 1.165) is 5.56 Å². The Balaban J connectivity index is 2.78. The molecule has 1 rings (SSSR count). The van der Waals surface area contributed by atoms with E-state index in [1.165, 1.54) is 11.4 Å². The first-order chi connectivity index (χ1) is 9.36. The largest absolute Gasteiger partial charge is 0.395 e. The molecule has 0 amide bonds. The average molecular weight is 296 g/mol. The third-order valence-corrected chi connectivity index (χ3v) is 4.38. The number of rotatable bonds is 5. The fourth-order valence-electron chi connectivity index (χ4n) is 1.34. The van der Waals surface area contributed by atoms with E-state index in [1.807, 2.05) is 0 Å². The summed E-state index contributed by atoms with van der Waals surface area (Å²) in [6, 6.07) is 6.68. The molecule has 6 heteroatoms. The summed E-state index contributed by atoms with van der Waals surface area (Å²) >= 11 is 0. The highest BCUT2D eigenvalue weighted by atomic mass is 32.2. The van der Waals surface area contributed by atoms with Crippen LogP contribution in [-0.4, -0.2) is 37.5 Å². The Morgan fingerprint density at radius 1 is 1.30 bits per heavy atom. The summed E-state index contributed by atoms with van der Waals surface area (Å²) in [6.45, 7) is 3.64. The van der Waals surface area contributed by atoms with E-state index in [9.17, 15) is 8.42 Å². The minimum absolute atomic E-state index is 0.0341. The minimum atomic E-state index is -3.53. The predicted octanol–water partition coefficient (Wildman–Crippen LogP) is 1.42. The molecule has 0 fully saturated rings. The summed E-state index contributed by atoms with van der Waals surface area (Å²) in [6.07, 6.45) is 0.424. The number of hydrogen-bond donors (Lipinski definition) is 2. The summed E-state index contributed by atoms with van der Waals surface area (Å²) < 4.78 is 27.8. The normalized spacial score (nSPS) is 11.3. The molecule has 0 aliphatic carbocycles. The number of nitrogens with one attached hydrogen (secondary N) is 1. The zero-order chi connectivity index (χ0) is 15.2. The number of aliphatic hydroxyl groups excluding tert-OH is 1. The lowest BCUT2D eigenvalue weighted by molar-refractivity contribution is 0.305. The smallest absolute Gasteiger partial charge is 0.301 e. The number of nitrogens with zero attached hydrogens (tertiary/aromatic N) is 1. The number of hydrogen-bond acceptors (Lipinski definition) is 3. The van der Waals surface area contributed by atoms with E-state index in [4.69, 9.17) is 5.11 Å². The molecule has 0 atom stereocenters. The number of benzene rings is 1. The van der Waals surface area contributed by atoms with E-state index in [1.54, 1.807) is 38.1 Å². The molecule has 0 unspecified atom stereocenters. The Morgan fingerprint density at radius 2 is 1.90 bits per heavy atom. The second-order valence-corrected chi connectivity index (χ2v) is 6.30. The van der Waals surface area contributed by atoms with Gasteiger partial charge in [0.15, 0.2) is 0 Å². The highest BCUT2D eigenvalue weighted by molar-refractivity contribution is 7.90. The third kappa shape index (κ3) is 4.85. The highest BCUT2D eigenvalue weighted by Crippen LogP contribution is 2.13. The van der Waals surface area contributed by atoms with Crippen molar-refractivity contribution in [2.24, 2.45) is 0 Å². The predicted molar refractivity (Wildman–Crippen MR) is 80.5 cm³/mol. The van der Waals surface area contributed by atoms with Crippen molar-refractivity contribution >= 4 is 15.9 Å². The Kier molecular flexibility index (Phi) is 6.02. The molecule has 1 aromatic rings. The maximum Gasteiger partial charge on any atom is 0.301 e. The van der Waals surface area contributed by atoms with E-state index >= 15 is 0 Å². The molecule has 110 valence electrons. The van der Waals surface area contributed by atoms with Gasteiger partial charge in [0.25, 0.3) is 0 Å². The molecule has 0 saturated carbocycles. The fourth-order valence-corrected chi connectivity index (χ4v) is 2.47. The Bertz CT molecular complexity index is 583. The van der Waals surface area contributed by atoms with Crippen molar-refractivity contribution in [3.05, 3.63) is 29.8 Å². The van der Waals surface area contributed by atoms with Gasteiger partial charge >= 0.3 is 10.2 Å². The van der Waals surface area contributed by atoms with Crippen molar-refractivity contribution in [2.45, 2.75) is 26.3 Å². The zero-order valence-corrected chi connectivity index (χ0v) is 12.7. The van der Waals surface area contributed by atoms with Gasteiger partial charge in [-0.3, -0.25) is 4.72 Å². The van der Waals surface area contributed by atoms with Crippen LogP contribution in [0.1, 0.15) is 25.8 Å². The monoisotopic (exact) mass is 296 g/mol. The van der Waals surface area contributed by atoms with E-state index in [0.29, 0.717) is 12.1 Å². The zero-order valence-electron chi connectivity index (χ0n) is 11.9. The summed E-state index contributed by atoms with van der Waals surface area (Å²) in [5.41, 5.74) is 1.27. The van der Waals surface area contributed by atoms with Crippen LogP contribution in [0.5, 0.6) is 0 Å². The first-order valence-electron chi connectivity index (χ1n) is 6.32. The number of aliphatic hydroxyl groups is 1. The van der Waals surface area contributed by atoms with E-state index in [-0.39, 0.29) is 12.6 Å². The van der Waals surface area contributed by atoms with Gasteiger partial charge < -0.3 is 5.11 Å². The Hall–Kier alpha value is -1.55. The molecule has 0 aromatic heterocycles. The number of anilines is 1. The van der Waals surface area contributed by atoms with Crippen LogP contribution in [0.4, 0.5) is 5.69 Å². The molecule has 0 heterocycles. The van der Waals surface area contributed by atoms with Gasteiger partial charge in [-0.1, -0.05) is 11.8 Å². The van der Waals surface area contributed by atoms with Gasteiger partial charge in [-0.25, -0.2) is 0 Å². The molecule has 0 bridgehead atoms. The van der Waals surface area contributed by atoms with Crippen molar-refractivity contribution < 1.29 is 13.5 Å². The van der Waals surface area contributed by atoms with E-state index < -0.39 is 10.2 Å². The lowest BCUT2D eigenvalue weighted by Gasteiger charge is -2.21. The first-order valence-corrected chi connectivity index (χ1v) is 7.76. The van der Waals surface area contributed by atoms with Gasteiger partial charge in [-0.05, 0) is 38.1 Å². The van der Waals surface area contributed by atoms with Crippen LogP contribution < -0.4 is 4.72 Å². The van der Waals surface area contributed by atoms with Gasteiger partial charge in [0, 0.05) is 30.8 Å². The summed E-state index contributed by atoms with van der Waals surface area (Å²) in [4.78, 5) is 0. The molecule has 2 N–H and O–H groups in total. The molecule has 0 spiro atoms. The summed E-state index contributed by atoms with van der Waals surface area (Å²) in [5.74, 6) is 5.68. The van der Waals surface area contributed by atoms with Crippen LogP contribution in [0, 0.1) is 11.8 Å². The first kappa shape index (κ1) is 16.5. The highest BCUT2D eigenvalue weighted by Gasteiger charge is 2.19. The van der Waals surface area contributed by atoms with Gasteiger partial charge in [-0.2, -0.15) is 12.7 Å². The molecular formula is C14H20N2O3S. The average Bonchev–Trinajstić information content (AvgIpc) is 2.39. The van der Waals surface area contributed by atoms with Crippen molar-refractivity contribution in [3.63, 3.8) is 0 Å².